The summed E-state index contributed by atoms with van der Waals surface area (Å²) in [5.41, 5.74) is 1.51. The molecule has 0 saturated heterocycles. The molecule has 27 heavy (non-hydrogen) atoms. The van der Waals surface area contributed by atoms with Crippen LogP contribution in [0.3, 0.4) is 0 Å². The van der Waals surface area contributed by atoms with Crippen molar-refractivity contribution >= 4 is 23.1 Å². The highest BCUT2D eigenvalue weighted by atomic mass is 16.5. The smallest absolute Gasteiger partial charge is 0.339 e. The SMILES string of the molecule is CC(=CC(=O)Nc1ccc(O)c(C(=O)O)c1)c1ccc2c(c1)OCCCO2. The molecule has 3 rings (SSSR count). The van der Waals surface area contributed by atoms with E-state index >= 15 is 0 Å². The van der Waals surface area contributed by atoms with E-state index in [9.17, 15) is 14.7 Å². The van der Waals surface area contributed by atoms with Crippen LogP contribution in [-0.2, 0) is 4.79 Å². The molecule has 0 fully saturated rings. The molecule has 0 radical (unpaired) electrons. The number of rotatable bonds is 4. The topological polar surface area (TPSA) is 105 Å². The fourth-order valence-electron chi connectivity index (χ4n) is 2.65. The number of aromatic carboxylic acids is 1. The van der Waals surface area contributed by atoms with Crippen molar-refractivity contribution in [2.45, 2.75) is 13.3 Å². The largest absolute Gasteiger partial charge is 0.507 e. The molecule has 1 aliphatic heterocycles. The Morgan fingerprint density at radius 2 is 1.81 bits per heavy atom. The molecule has 0 aliphatic carbocycles. The first kappa shape index (κ1) is 18.3. The number of amides is 1. The molecule has 1 aliphatic rings. The molecule has 2 aromatic rings. The van der Waals surface area contributed by atoms with Crippen LogP contribution in [-0.4, -0.2) is 35.3 Å². The summed E-state index contributed by atoms with van der Waals surface area (Å²) in [6.45, 7) is 2.97. The van der Waals surface area contributed by atoms with Crippen molar-refractivity contribution in [2.75, 3.05) is 18.5 Å². The van der Waals surface area contributed by atoms with E-state index in [1.165, 1.54) is 24.3 Å². The number of carbonyl (C=O) groups excluding carboxylic acids is 1. The Morgan fingerprint density at radius 1 is 1.07 bits per heavy atom. The number of phenols is 1. The molecule has 0 unspecified atom stereocenters. The maximum atomic E-state index is 12.3. The van der Waals surface area contributed by atoms with Gasteiger partial charge in [0.1, 0.15) is 11.3 Å². The summed E-state index contributed by atoms with van der Waals surface area (Å²) in [6.07, 6.45) is 2.22. The molecule has 0 saturated carbocycles. The van der Waals surface area contributed by atoms with Crippen LogP contribution in [0.4, 0.5) is 5.69 Å². The van der Waals surface area contributed by atoms with Gasteiger partial charge in [-0.2, -0.15) is 0 Å². The van der Waals surface area contributed by atoms with Crippen molar-refractivity contribution in [3.8, 4) is 17.2 Å². The predicted molar refractivity (Wildman–Crippen MR) is 99.4 cm³/mol. The number of aromatic hydroxyl groups is 1. The van der Waals surface area contributed by atoms with Crippen molar-refractivity contribution in [2.24, 2.45) is 0 Å². The third kappa shape index (κ3) is 4.38. The van der Waals surface area contributed by atoms with Crippen LogP contribution >= 0.6 is 0 Å². The lowest BCUT2D eigenvalue weighted by atomic mass is 10.1. The van der Waals surface area contributed by atoms with Gasteiger partial charge in [0.25, 0.3) is 0 Å². The van der Waals surface area contributed by atoms with Gasteiger partial charge in [-0.05, 0) is 48.4 Å². The van der Waals surface area contributed by atoms with Crippen LogP contribution in [0.1, 0.15) is 29.3 Å². The summed E-state index contributed by atoms with van der Waals surface area (Å²) in [5, 5.41) is 21.1. The molecule has 0 atom stereocenters. The lowest BCUT2D eigenvalue weighted by Gasteiger charge is -2.10. The molecular formula is C20H19NO6. The zero-order chi connectivity index (χ0) is 19.4. The summed E-state index contributed by atoms with van der Waals surface area (Å²) in [4.78, 5) is 23.3. The van der Waals surface area contributed by atoms with Crippen molar-refractivity contribution in [3.05, 3.63) is 53.6 Å². The van der Waals surface area contributed by atoms with Crippen LogP contribution in [0, 0.1) is 0 Å². The van der Waals surface area contributed by atoms with Gasteiger partial charge in [-0.1, -0.05) is 6.07 Å². The van der Waals surface area contributed by atoms with Crippen LogP contribution < -0.4 is 14.8 Å². The Morgan fingerprint density at radius 3 is 2.56 bits per heavy atom. The number of ether oxygens (including phenoxy) is 2. The first-order valence-electron chi connectivity index (χ1n) is 8.39. The van der Waals surface area contributed by atoms with E-state index in [0.29, 0.717) is 30.3 Å². The van der Waals surface area contributed by atoms with Gasteiger partial charge in [0.2, 0.25) is 5.91 Å². The number of anilines is 1. The van der Waals surface area contributed by atoms with Crippen LogP contribution in [0.2, 0.25) is 0 Å². The highest BCUT2D eigenvalue weighted by Crippen LogP contribution is 2.32. The molecule has 0 spiro atoms. The Labute approximate surface area is 155 Å². The predicted octanol–water partition coefficient (Wildman–Crippen LogP) is 3.29. The van der Waals surface area contributed by atoms with Crippen LogP contribution in [0.25, 0.3) is 5.57 Å². The summed E-state index contributed by atoms with van der Waals surface area (Å²) in [5.74, 6) is -0.731. The normalized spacial score (nSPS) is 13.6. The second kappa shape index (κ2) is 7.82. The van der Waals surface area contributed by atoms with Crippen molar-refractivity contribution in [1.29, 1.82) is 0 Å². The van der Waals surface area contributed by atoms with Crippen molar-refractivity contribution < 1.29 is 29.3 Å². The lowest BCUT2D eigenvalue weighted by Crippen LogP contribution is -2.09. The van der Waals surface area contributed by atoms with E-state index in [2.05, 4.69) is 5.32 Å². The average molecular weight is 369 g/mol. The van der Waals surface area contributed by atoms with E-state index in [1.807, 2.05) is 18.2 Å². The molecule has 1 amide bonds. The Kier molecular flexibility index (Phi) is 5.30. The first-order valence-corrected chi connectivity index (χ1v) is 8.39. The standard InChI is InChI=1S/C20H19NO6/c1-12(13-3-6-17-18(10-13)27-8-2-7-26-17)9-19(23)21-14-4-5-16(22)15(11-14)20(24)25/h3-6,9-11,22H,2,7-8H2,1H3,(H,21,23)(H,24,25). The van der Waals surface area contributed by atoms with E-state index in [4.69, 9.17) is 14.6 Å². The molecule has 3 N–H and O–H groups in total. The van der Waals surface area contributed by atoms with Gasteiger partial charge in [0, 0.05) is 18.2 Å². The highest BCUT2D eigenvalue weighted by molar-refractivity contribution is 6.04. The van der Waals surface area contributed by atoms with Gasteiger partial charge in [-0.3, -0.25) is 4.79 Å². The zero-order valence-electron chi connectivity index (χ0n) is 14.7. The monoisotopic (exact) mass is 369 g/mol. The minimum absolute atomic E-state index is 0.276. The Bertz CT molecular complexity index is 919. The Balaban J connectivity index is 1.76. The maximum absolute atomic E-state index is 12.3. The van der Waals surface area contributed by atoms with Crippen LogP contribution in [0.15, 0.2) is 42.5 Å². The number of carboxylic acids is 1. The summed E-state index contributed by atoms with van der Waals surface area (Å²) in [6, 6.07) is 9.32. The number of carbonyl (C=O) groups is 2. The van der Waals surface area contributed by atoms with E-state index in [1.54, 1.807) is 6.92 Å². The summed E-state index contributed by atoms with van der Waals surface area (Å²) < 4.78 is 11.2. The highest BCUT2D eigenvalue weighted by Gasteiger charge is 2.13. The van der Waals surface area contributed by atoms with E-state index in [-0.39, 0.29) is 17.0 Å². The average Bonchev–Trinajstić information content (AvgIpc) is 2.87. The molecule has 2 aromatic carbocycles. The number of benzene rings is 2. The summed E-state index contributed by atoms with van der Waals surface area (Å²) in [7, 11) is 0. The number of carboxylic acid groups (broad SMARTS) is 1. The second-order valence-electron chi connectivity index (χ2n) is 6.07. The Hall–Kier alpha value is -3.48. The minimum atomic E-state index is -1.28. The third-order valence-corrected chi connectivity index (χ3v) is 4.04. The third-order valence-electron chi connectivity index (χ3n) is 4.04. The van der Waals surface area contributed by atoms with E-state index < -0.39 is 11.9 Å². The maximum Gasteiger partial charge on any atom is 0.339 e. The fourth-order valence-corrected chi connectivity index (χ4v) is 2.65. The molecule has 7 nitrogen and oxygen atoms in total. The van der Waals surface area contributed by atoms with Gasteiger partial charge in [0.05, 0.1) is 13.2 Å². The molecule has 0 bridgehead atoms. The van der Waals surface area contributed by atoms with Gasteiger partial charge in [-0.25, -0.2) is 4.79 Å². The molecule has 7 heteroatoms. The second-order valence-corrected chi connectivity index (χ2v) is 6.07. The lowest BCUT2D eigenvalue weighted by molar-refractivity contribution is -0.111. The number of allylic oxidation sites excluding steroid dienone is 1. The number of hydrogen-bond acceptors (Lipinski definition) is 5. The quantitative estimate of drug-likeness (QED) is 0.564. The first-order chi connectivity index (χ1) is 12.9. The van der Waals surface area contributed by atoms with Gasteiger partial charge < -0.3 is 25.0 Å². The number of nitrogens with one attached hydrogen (secondary N) is 1. The van der Waals surface area contributed by atoms with Gasteiger partial charge in [-0.15, -0.1) is 0 Å². The fraction of sp³-hybridized carbons (Fsp3) is 0.200. The van der Waals surface area contributed by atoms with Crippen LogP contribution in [0.5, 0.6) is 17.2 Å². The van der Waals surface area contributed by atoms with E-state index in [0.717, 1.165) is 12.0 Å². The van der Waals surface area contributed by atoms with Gasteiger partial charge in [0.15, 0.2) is 11.5 Å². The number of hydrogen-bond donors (Lipinski definition) is 3. The molecule has 140 valence electrons. The van der Waals surface area contributed by atoms with Crippen molar-refractivity contribution in [1.82, 2.24) is 0 Å². The van der Waals surface area contributed by atoms with Gasteiger partial charge >= 0.3 is 5.97 Å². The summed E-state index contributed by atoms with van der Waals surface area (Å²) >= 11 is 0. The molecule has 1 heterocycles. The number of fused-ring (bicyclic) bond motifs is 1. The minimum Gasteiger partial charge on any atom is -0.507 e. The van der Waals surface area contributed by atoms with Crippen molar-refractivity contribution in [3.63, 3.8) is 0 Å². The molecular weight excluding hydrogens is 350 g/mol. The zero-order valence-corrected chi connectivity index (χ0v) is 14.7. The molecule has 0 aromatic heterocycles.